The molecule has 3 aromatic carbocycles. The molecule has 0 radical (unpaired) electrons. The van der Waals surface area contributed by atoms with Crippen molar-refractivity contribution in [3.8, 4) is 16.8 Å². The van der Waals surface area contributed by atoms with Gasteiger partial charge >= 0.3 is 0 Å². The first-order valence-corrected chi connectivity index (χ1v) is 10.9. The molecule has 1 heterocycles. The summed E-state index contributed by atoms with van der Waals surface area (Å²) in [4.78, 5) is 13.4. The highest BCUT2D eigenvalue weighted by molar-refractivity contribution is 7.78. The van der Waals surface area contributed by atoms with Crippen LogP contribution in [0.2, 0.25) is 0 Å². The second-order valence-corrected chi connectivity index (χ2v) is 7.99. The van der Waals surface area contributed by atoms with Gasteiger partial charge in [0.2, 0.25) is 0 Å². The zero-order valence-corrected chi connectivity index (χ0v) is 17.3. The summed E-state index contributed by atoms with van der Waals surface area (Å²) >= 11 is -1.92. The van der Waals surface area contributed by atoms with Crippen molar-refractivity contribution in [2.24, 2.45) is 0 Å². The maximum atomic E-state index is 13.4. The van der Waals surface area contributed by atoms with Crippen molar-refractivity contribution in [3.63, 3.8) is 0 Å². The van der Waals surface area contributed by atoms with Gasteiger partial charge in [0.1, 0.15) is 5.82 Å². The fraction of sp³-hybridized carbons (Fsp3) is 0.0833. The van der Waals surface area contributed by atoms with E-state index in [-0.39, 0.29) is 17.1 Å². The van der Waals surface area contributed by atoms with Crippen LogP contribution in [0.25, 0.3) is 16.8 Å². The highest BCUT2D eigenvalue weighted by atomic mass is 32.2. The Bertz CT molecular complexity index is 1270. The Morgan fingerprint density at radius 3 is 2.23 bits per heavy atom. The molecule has 5 nitrogen and oxygen atoms in total. The molecule has 0 saturated carbocycles. The van der Waals surface area contributed by atoms with Crippen LogP contribution in [-0.4, -0.2) is 18.5 Å². The first-order valence-electron chi connectivity index (χ1n) is 9.59. The van der Waals surface area contributed by atoms with Crippen LogP contribution in [0.1, 0.15) is 16.7 Å². The van der Waals surface area contributed by atoms with Crippen molar-refractivity contribution in [1.29, 1.82) is 0 Å². The summed E-state index contributed by atoms with van der Waals surface area (Å²) in [5.74, 6) is -0.344. The van der Waals surface area contributed by atoms with E-state index in [1.807, 2.05) is 42.5 Å². The number of benzene rings is 3. The van der Waals surface area contributed by atoms with Crippen molar-refractivity contribution in [2.45, 2.75) is 12.2 Å². The van der Waals surface area contributed by atoms with Crippen LogP contribution in [0.5, 0.6) is 0 Å². The first-order chi connectivity index (χ1) is 15.0. The molecule has 0 amide bonds. The second-order valence-electron chi connectivity index (χ2n) is 7.06. The van der Waals surface area contributed by atoms with Crippen molar-refractivity contribution >= 4 is 11.1 Å². The van der Waals surface area contributed by atoms with Gasteiger partial charge in [-0.05, 0) is 41.0 Å². The predicted octanol–water partition coefficient (Wildman–Crippen LogP) is 4.35. The number of aromatic nitrogens is 2. The van der Waals surface area contributed by atoms with E-state index in [2.05, 4.69) is 5.10 Å². The van der Waals surface area contributed by atoms with Gasteiger partial charge < -0.3 is 4.55 Å². The minimum atomic E-state index is -1.92. The first kappa shape index (κ1) is 20.8. The van der Waals surface area contributed by atoms with Gasteiger partial charge in [0, 0.05) is 17.5 Å². The van der Waals surface area contributed by atoms with Gasteiger partial charge in [-0.2, -0.15) is 9.78 Å². The zero-order chi connectivity index (χ0) is 21.8. The summed E-state index contributed by atoms with van der Waals surface area (Å²) in [6.45, 7) is 0. The zero-order valence-electron chi connectivity index (χ0n) is 16.4. The molecular weight excluding hydrogens is 415 g/mol. The van der Waals surface area contributed by atoms with Gasteiger partial charge in [-0.25, -0.2) is 8.60 Å². The highest BCUT2D eigenvalue weighted by Crippen LogP contribution is 2.24. The SMILES string of the molecule is O=c1c(Cc2ccccc2)c(-c2ccc(CS(=O)O)cc2)cnn1-c1ccc(F)cc1. The molecule has 4 aromatic rings. The van der Waals surface area contributed by atoms with Crippen LogP contribution < -0.4 is 5.56 Å². The molecule has 1 atom stereocenters. The van der Waals surface area contributed by atoms with E-state index >= 15 is 0 Å². The molecular formula is C24H19FN2O3S. The minimum absolute atomic E-state index is 0.0432. The molecule has 0 aliphatic rings. The van der Waals surface area contributed by atoms with E-state index in [1.54, 1.807) is 18.3 Å². The van der Waals surface area contributed by atoms with E-state index in [0.717, 1.165) is 16.7 Å². The van der Waals surface area contributed by atoms with E-state index < -0.39 is 11.1 Å². The van der Waals surface area contributed by atoms with Gasteiger partial charge in [0.05, 0.1) is 17.6 Å². The van der Waals surface area contributed by atoms with Crippen LogP contribution in [0, 0.1) is 5.82 Å². The van der Waals surface area contributed by atoms with Crippen LogP contribution in [-0.2, 0) is 23.3 Å². The maximum Gasteiger partial charge on any atom is 0.275 e. The smallest absolute Gasteiger partial charge is 0.275 e. The molecule has 0 fully saturated rings. The molecule has 1 unspecified atom stereocenters. The van der Waals surface area contributed by atoms with Crippen molar-refractivity contribution in [3.05, 3.63) is 118 Å². The van der Waals surface area contributed by atoms with E-state index in [9.17, 15) is 13.4 Å². The van der Waals surface area contributed by atoms with E-state index in [0.29, 0.717) is 23.2 Å². The van der Waals surface area contributed by atoms with Gasteiger partial charge in [-0.1, -0.05) is 54.6 Å². The Labute approximate surface area is 181 Å². The summed E-state index contributed by atoms with van der Waals surface area (Å²) in [5.41, 5.74) is 3.93. The summed E-state index contributed by atoms with van der Waals surface area (Å²) < 4.78 is 34.7. The second kappa shape index (κ2) is 9.16. The predicted molar refractivity (Wildman–Crippen MR) is 119 cm³/mol. The molecule has 0 saturated heterocycles. The van der Waals surface area contributed by atoms with Crippen LogP contribution in [0.3, 0.4) is 0 Å². The van der Waals surface area contributed by atoms with Crippen LogP contribution >= 0.6 is 0 Å². The Morgan fingerprint density at radius 1 is 0.903 bits per heavy atom. The number of hydrogen-bond acceptors (Lipinski definition) is 3. The molecule has 1 aromatic heterocycles. The fourth-order valence-corrected chi connectivity index (χ4v) is 3.88. The molecule has 31 heavy (non-hydrogen) atoms. The highest BCUT2D eigenvalue weighted by Gasteiger charge is 2.15. The van der Waals surface area contributed by atoms with Crippen LogP contribution in [0.4, 0.5) is 4.39 Å². The summed E-state index contributed by atoms with van der Waals surface area (Å²) in [7, 11) is 0. The molecule has 4 rings (SSSR count). The van der Waals surface area contributed by atoms with E-state index in [1.165, 1.54) is 28.9 Å². The van der Waals surface area contributed by atoms with E-state index in [4.69, 9.17) is 4.55 Å². The molecule has 0 spiro atoms. The van der Waals surface area contributed by atoms with Gasteiger partial charge in [-0.3, -0.25) is 4.79 Å². The molecule has 1 N–H and O–H groups in total. The lowest BCUT2D eigenvalue weighted by atomic mass is 9.97. The standard InChI is InChI=1S/C24H19FN2O3S/c25-20-10-12-21(13-11-20)27-24(28)22(14-17-4-2-1-3-5-17)23(15-26-27)19-8-6-18(7-9-19)16-31(29)30/h1-13,15H,14,16H2,(H,29,30). The summed E-state index contributed by atoms with van der Waals surface area (Å²) in [6, 6.07) is 22.4. The summed E-state index contributed by atoms with van der Waals surface area (Å²) in [5, 5.41) is 4.32. The van der Waals surface area contributed by atoms with Crippen LogP contribution in [0.15, 0.2) is 89.9 Å². The van der Waals surface area contributed by atoms with Crippen molar-refractivity contribution < 1.29 is 13.2 Å². The number of rotatable bonds is 6. The minimum Gasteiger partial charge on any atom is -0.306 e. The molecule has 7 heteroatoms. The monoisotopic (exact) mass is 434 g/mol. The lowest BCUT2D eigenvalue weighted by Crippen LogP contribution is -2.25. The third kappa shape index (κ3) is 4.84. The Hall–Kier alpha value is -3.42. The average molecular weight is 434 g/mol. The van der Waals surface area contributed by atoms with Crippen molar-refractivity contribution in [2.75, 3.05) is 0 Å². The summed E-state index contributed by atoms with van der Waals surface area (Å²) in [6.07, 6.45) is 2.03. The normalized spacial score (nSPS) is 11.9. The molecule has 156 valence electrons. The fourth-order valence-electron chi connectivity index (χ4n) is 3.40. The third-order valence-corrected chi connectivity index (χ3v) is 5.51. The van der Waals surface area contributed by atoms with Gasteiger partial charge in [-0.15, -0.1) is 0 Å². The maximum absolute atomic E-state index is 13.4. The molecule has 0 aliphatic heterocycles. The lowest BCUT2D eigenvalue weighted by Gasteiger charge is -2.13. The number of hydrogen-bond donors (Lipinski definition) is 1. The Kier molecular flexibility index (Phi) is 6.16. The number of halogens is 1. The largest absolute Gasteiger partial charge is 0.306 e. The lowest BCUT2D eigenvalue weighted by molar-refractivity contribution is 0.563. The number of nitrogens with zero attached hydrogens (tertiary/aromatic N) is 2. The average Bonchev–Trinajstić information content (AvgIpc) is 2.77. The van der Waals surface area contributed by atoms with Gasteiger partial charge in [0.25, 0.3) is 5.56 Å². The topological polar surface area (TPSA) is 72.2 Å². The third-order valence-electron chi connectivity index (χ3n) is 4.93. The Morgan fingerprint density at radius 2 is 1.58 bits per heavy atom. The molecule has 0 aliphatic carbocycles. The quantitative estimate of drug-likeness (QED) is 0.458. The van der Waals surface area contributed by atoms with Gasteiger partial charge in [0.15, 0.2) is 11.1 Å². The molecule has 0 bridgehead atoms. The Balaban J connectivity index is 1.82. The van der Waals surface area contributed by atoms with Crippen molar-refractivity contribution in [1.82, 2.24) is 9.78 Å².